The second-order valence-corrected chi connectivity index (χ2v) is 13.2. The summed E-state index contributed by atoms with van der Waals surface area (Å²) in [5.74, 6) is 2.33. The van der Waals surface area contributed by atoms with Gasteiger partial charge in [0.25, 0.3) is 11.8 Å². The number of carbonyl (C=O) groups excluding carboxylic acids is 2. The number of amides is 2. The number of allylic oxidation sites excluding steroid dienone is 1. The topological polar surface area (TPSA) is 106 Å². The fourth-order valence-electron chi connectivity index (χ4n) is 7.01. The number of fused-ring (bicyclic) bond motifs is 1. The number of aromatic nitrogens is 2. The molecule has 3 fully saturated rings. The zero-order valence-electron chi connectivity index (χ0n) is 27.4. The van der Waals surface area contributed by atoms with Crippen molar-refractivity contribution in [1.82, 2.24) is 25.1 Å². The number of nitrogens with zero attached hydrogens (tertiary/aromatic N) is 6. The van der Waals surface area contributed by atoms with Gasteiger partial charge in [-0.05, 0) is 83.4 Å². The first kappa shape index (κ1) is 31.3. The molecular weight excluding hydrogens is 568 g/mol. The summed E-state index contributed by atoms with van der Waals surface area (Å²) < 4.78 is 5.67. The van der Waals surface area contributed by atoms with Gasteiger partial charge >= 0.3 is 0 Å². The van der Waals surface area contributed by atoms with E-state index in [9.17, 15) is 9.59 Å². The van der Waals surface area contributed by atoms with Crippen molar-refractivity contribution >= 4 is 35.0 Å². The summed E-state index contributed by atoms with van der Waals surface area (Å²) in [6, 6.07) is 6.22. The molecule has 0 radical (unpaired) electrons. The fourth-order valence-corrected chi connectivity index (χ4v) is 7.01. The summed E-state index contributed by atoms with van der Waals surface area (Å²) in [7, 11) is 3.32. The van der Waals surface area contributed by atoms with E-state index in [1.165, 1.54) is 45.6 Å². The summed E-state index contributed by atoms with van der Waals surface area (Å²) in [6.45, 7) is 12.0. The van der Waals surface area contributed by atoms with Crippen LogP contribution in [0.4, 0.5) is 23.1 Å². The number of carbonyl (C=O) groups is 2. The third kappa shape index (κ3) is 6.79. The van der Waals surface area contributed by atoms with Crippen LogP contribution in [-0.4, -0.2) is 96.6 Å². The molecule has 0 spiro atoms. The summed E-state index contributed by atoms with van der Waals surface area (Å²) >= 11 is 0. The van der Waals surface area contributed by atoms with E-state index in [-0.39, 0.29) is 23.9 Å². The first-order valence-electron chi connectivity index (χ1n) is 16.6. The molecule has 2 aromatic rings. The molecule has 11 nitrogen and oxygen atoms in total. The Morgan fingerprint density at radius 2 is 1.82 bits per heavy atom. The normalized spacial score (nSPS) is 23.8. The van der Waals surface area contributed by atoms with Gasteiger partial charge in [-0.3, -0.25) is 14.5 Å². The molecule has 0 bridgehead atoms. The van der Waals surface area contributed by atoms with Crippen molar-refractivity contribution < 1.29 is 14.3 Å². The Hall–Kier alpha value is -3.70. The van der Waals surface area contributed by atoms with Crippen LogP contribution >= 0.6 is 0 Å². The van der Waals surface area contributed by atoms with E-state index >= 15 is 0 Å². The number of methoxy groups -OCH3 is 1. The second-order valence-electron chi connectivity index (χ2n) is 13.2. The van der Waals surface area contributed by atoms with Gasteiger partial charge < -0.3 is 30.1 Å². The molecule has 45 heavy (non-hydrogen) atoms. The van der Waals surface area contributed by atoms with Crippen LogP contribution in [0.3, 0.4) is 0 Å². The highest BCUT2D eigenvalue weighted by Gasteiger charge is 2.35. The van der Waals surface area contributed by atoms with Crippen molar-refractivity contribution in [3.63, 3.8) is 0 Å². The number of hydrogen-bond donors (Lipinski definition) is 2. The molecule has 2 aliphatic carbocycles. The van der Waals surface area contributed by atoms with E-state index < -0.39 is 0 Å². The number of rotatable bonds is 9. The zero-order valence-corrected chi connectivity index (χ0v) is 27.4. The van der Waals surface area contributed by atoms with Crippen LogP contribution in [0.1, 0.15) is 69.7 Å². The summed E-state index contributed by atoms with van der Waals surface area (Å²) in [5.41, 5.74) is 2.42. The molecule has 242 valence electrons. The predicted octanol–water partition coefficient (Wildman–Crippen LogP) is 4.39. The first-order valence-corrected chi connectivity index (χ1v) is 16.6. The molecule has 0 atom stereocenters. The molecule has 11 heteroatoms. The van der Waals surface area contributed by atoms with E-state index in [1.54, 1.807) is 37.4 Å². The molecule has 6 rings (SSSR count). The summed E-state index contributed by atoms with van der Waals surface area (Å²) in [4.78, 5) is 44.3. The fraction of sp³-hybridized carbons (Fsp3) is 0.588. The highest BCUT2D eigenvalue weighted by Crippen LogP contribution is 2.38. The van der Waals surface area contributed by atoms with Crippen LogP contribution in [0.25, 0.3) is 0 Å². The maximum atomic E-state index is 13.3. The van der Waals surface area contributed by atoms with Crippen molar-refractivity contribution in [2.24, 2.45) is 5.92 Å². The van der Waals surface area contributed by atoms with Crippen molar-refractivity contribution in [1.29, 1.82) is 0 Å². The third-order valence-corrected chi connectivity index (χ3v) is 9.79. The lowest BCUT2D eigenvalue weighted by Gasteiger charge is -2.42. The number of ether oxygens (including phenoxy) is 1. The molecule has 2 amide bonds. The van der Waals surface area contributed by atoms with Crippen LogP contribution in [0.5, 0.6) is 5.75 Å². The van der Waals surface area contributed by atoms with E-state index in [4.69, 9.17) is 9.72 Å². The SMILES string of the molecule is C/C=C1/C(=O)N(C)c2cnc(Nc3ccc(C(=O)NC4CCC(N5CCN(CC6CC6)CC5)CC4)cc3OC)nc2N1C(C)C. The number of anilines is 4. The van der Waals surface area contributed by atoms with Crippen molar-refractivity contribution in [3.8, 4) is 5.75 Å². The summed E-state index contributed by atoms with van der Waals surface area (Å²) in [5, 5.41) is 6.53. The number of piperazine rings is 1. The molecule has 3 heterocycles. The molecule has 2 N–H and O–H groups in total. The van der Waals surface area contributed by atoms with E-state index in [0.29, 0.717) is 46.2 Å². The largest absolute Gasteiger partial charge is 0.495 e. The molecule has 1 aromatic heterocycles. The Labute approximate surface area is 267 Å². The van der Waals surface area contributed by atoms with Crippen LogP contribution in [0.15, 0.2) is 36.2 Å². The number of likely N-dealkylation sites (N-methyl/N-ethyl adjacent to an activating group) is 1. The van der Waals surface area contributed by atoms with Crippen LogP contribution in [0, 0.1) is 5.92 Å². The lowest BCUT2D eigenvalue weighted by atomic mass is 9.89. The zero-order chi connectivity index (χ0) is 31.7. The lowest BCUT2D eigenvalue weighted by Crippen LogP contribution is -2.52. The van der Waals surface area contributed by atoms with Crippen LogP contribution < -0.4 is 25.2 Å². The third-order valence-electron chi connectivity index (χ3n) is 9.79. The summed E-state index contributed by atoms with van der Waals surface area (Å²) in [6.07, 6.45) is 10.6. The smallest absolute Gasteiger partial charge is 0.274 e. The highest BCUT2D eigenvalue weighted by atomic mass is 16.5. The standard InChI is InChI=1S/C34H48N8O3/c1-6-28-33(44)39(4)29-20-35-34(38-31(29)42(28)22(2)3)37-27-14-9-24(19-30(27)45-5)32(43)36-25-10-12-26(13-11-25)41-17-15-40(16-18-41)21-23-7-8-23/h6,9,14,19-20,22-23,25-26H,7-8,10-13,15-18,21H2,1-5H3,(H,36,43)(H,35,37,38)/b28-6-. The van der Waals surface area contributed by atoms with E-state index in [2.05, 4.69) is 25.4 Å². The molecule has 1 saturated heterocycles. The Bertz CT molecular complexity index is 1420. The van der Waals surface area contributed by atoms with Crippen molar-refractivity contribution in [2.75, 3.05) is 62.0 Å². The molecular formula is C34H48N8O3. The Balaban J connectivity index is 1.06. The quantitative estimate of drug-likeness (QED) is 0.397. The Morgan fingerprint density at radius 3 is 2.47 bits per heavy atom. The Kier molecular flexibility index (Phi) is 9.28. The van der Waals surface area contributed by atoms with Gasteiger partial charge in [-0.1, -0.05) is 6.08 Å². The molecule has 0 unspecified atom stereocenters. The Morgan fingerprint density at radius 1 is 1.09 bits per heavy atom. The number of nitrogens with one attached hydrogen (secondary N) is 2. The molecule has 4 aliphatic rings. The van der Waals surface area contributed by atoms with Gasteiger partial charge in [0.15, 0.2) is 5.82 Å². The van der Waals surface area contributed by atoms with Crippen molar-refractivity contribution in [3.05, 3.63) is 41.7 Å². The van der Waals surface area contributed by atoms with Gasteiger partial charge in [0.1, 0.15) is 17.1 Å². The molecule has 2 saturated carbocycles. The average molecular weight is 617 g/mol. The predicted molar refractivity (Wildman–Crippen MR) is 177 cm³/mol. The molecule has 2 aliphatic heterocycles. The van der Waals surface area contributed by atoms with Gasteiger partial charge in [-0.2, -0.15) is 4.98 Å². The van der Waals surface area contributed by atoms with E-state index in [1.807, 2.05) is 37.8 Å². The van der Waals surface area contributed by atoms with Crippen LogP contribution in [0.2, 0.25) is 0 Å². The van der Waals surface area contributed by atoms with Gasteiger partial charge in [0, 0.05) is 63.5 Å². The minimum Gasteiger partial charge on any atom is -0.495 e. The minimum atomic E-state index is -0.0935. The number of benzene rings is 1. The molecule has 1 aromatic carbocycles. The van der Waals surface area contributed by atoms with Crippen molar-refractivity contribution in [2.45, 2.75) is 77.4 Å². The number of hydrogen-bond acceptors (Lipinski definition) is 9. The average Bonchev–Trinajstić information content (AvgIpc) is 3.87. The highest BCUT2D eigenvalue weighted by molar-refractivity contribution is 6.12. The maximum Gasteiger partial charge on any atom is 0.274 e. The van der Waals surface area contributed by atoms with E-state index in [0.717, 1.165) is 31.6 Å². The van der Waals surface area contributed by atoms with Gasteiger partial charge in [-0.15, -0.1) is 0 Å². The maximum absolute atomic E-state index is 13.3. The second kappa shape index (κ2) is 13.3. The van der Waals surface area contributed by atoms with Gasteiger partial charge in [-0.25, -0.2) is 4.98 Å². The lowest BCUT2D eigenvalue weighted by molar-refractivity contribution is -0.115. The monoisotopic (exact) mass is 616 g/mol. The minimum absolute atomic E-state index is 0.0186. The van der Waals surface area contributed by atoms with Gasteiger partial charge in [0.05, 0.1) is 19.0 Å². The van der Waals surface area contributed by atoms with Crippen LogP contribution in [-0.2, 0) is 4.79 Å². The van der Waals surface area contributed by atoms with Gasteiger partial charge in [0.2, 0.25) is 5.95 Å². The first-order chi connectivity index (χ1) is 21.7.